The molecule has 6 nitrogen and oxygen atoms in total. The predicted octanol–water partition coefficient (Wildman–Crippen LogP) is 1.06. The molecular formula is C12H21N5O. The summed E-state index contributed by atoms with van der Waals surface area (Å²) in [6.45, 7) is 10.2. The van der Waals surface area contributed by atoms with Gasteiger partial charge in [-0.05, 0) is 26.7 Å². The summed E-state index contributed by atoms with van der Waals surface area (Å²) in [5.74, 6) is 0.747. The van der Waals surface area contributed by atoms with Crippen LogP contribution in [-0.4, -0.2) is 33.7 Å². The minimum Gasteiger partial charge on any atom is -0.354 e. The van der Waals surface area contributed by atoms with Crippen molar-refractivity contribution in [1.29, 1.82) is 0 Å². The van der Waals surface area contributed by atoms with Crippen LogP contribution >= 0.6 is 0 Å². The maximum absolute atomic E-state index is 11.8. The second-order valence-corrected chi connectivity index (χ2v) is 4.81. The minimum atomic E-state index is -0.382. The highest BCUT2D eigenvalue weighted by Gasteiger charge is 2.14. The van der Waals surface area contributed by atoms with Crippen molar-refractivity contribution >= 4 is 11.9 Å². The minimum absolute atomic E-state index is 0.0643. The normalized spacial score (nSPS) is 12.3. The van der Waals surface area contributed by atoms with E-state index in [4.69, 9.17) is 0 Å². The monoisotopic (exact) mass is 251 g/mol. The van der Waals surface area contributed by atoms with Crippen molar-refractivity contribution in [2.75, 3.05) is 11.9 Å². The van der Waals surface area contributed by atoms with Crippen LogP contribution in [0, 0.1) is 19.8 Å². The molecule has 1 aromatic heterocycles. The van der Waals surface area contributed by atoms with E-state index in [1.54, 1.807) is 6.92 Å². The Bertz CT molecular complexity index is 419. The fourth-order valence-corrected chi connectivity index (χ4v) is 1.23. The summed E-state index contributed by atoms with van der Waals surface area (Å²) in [5, 5.41) is 13.7. The molecule has 18 heavy (non-hydrogen) atoms. The van der Waals surface area contributed by atoms with E-state index < -0.39 is 0 Å². The SMILES string of the molecule is Cc1nnc(NC(C)C(=O)NCC(C)C)nc1C. The lowest BCUT2D eigenvalue weighted by molar-refractivity contribution is -0.121. The quantitative estimate of drug-likeness (QED) is 0.818. The van der Waals surface area contributed by atoms with Crippen molar-refractivity contribution in [3.8, 4) is 0 Å². The van der Waals surface area contributed by atoms with Gasteiger partial charge in [-0.2, -0.15) is 5.10 Å². The van der Waals surface area contributed by atoms with Crippen LogP contribution in [0.4, 0.5) is 5.95 Å². The third-order valence-corrected chi connectivity index (χ3v) is 2.52. The maximum Gasteiger partial charge on any atom is 0.243 e. The van der Waals surface area contributed by atoms with Crippen molar-refractivity contribution in [1.82, 2.24) is 20.5 Å². The highest BCUT2D eigenvalue weighted by atomic mass is 16.2. The standard InChI is InChI=1S/C12H21N5O/c1-7(2)6-13-11(18)10(5)15-12-14-8(3)9(4)16-17-12/h7,10H,6H2,1-5H3,(H,13,18)(H,14,15,17). The fourth-order valence-electron chi connectivity index (χ4n) is 1.23. The molecule has 1 unspecified atom stereocenters. The Morgan fingerprint density at radius 2 is 1.83 bits per heavy atom. The van der Waals surface area contributed by atoms with Gasteiger partial charge in [0.15, 0.2) is 0 Å². The van der Waals surface area contributed by atoms with E-state index in [1.807, 2.05) is 13.8 Å². The van der Waals surface area contributed by atoms with Gasteiger partial charge in [-0.1, -0.05) is 13.8 Å². The average molecular weight is 251 g/mol. The molecule has 0 aliphatic rings. The topological polar surface area (TPSA) is 79.8 Å². The number of anilines is 1. The molecule has 1 amide bonds. The van der Waals surface area contributed by atoms with Crippen molar-refractivity contribution in [2.24, 2.45) is 5.92 Å². The smallest absolute Gasteiger partial charge is 0.243 e. The number of carbonyl (C=O) groups is 1. The predicted molar refractivity (Wildman–Crippen MR) is 70.2 cm³/mol. The molecule has 1 aromatic rings. The van der Waals surface area contributed by atoms with E-state index in [0.717, 1.165) is 11.4 Å². The van der Waals surface area contributed by atoms with Gasteiger partial charge >= 0.3 is 0 Å². The molecule has 0 aliphatic heterocycles. The fraction of sp³-hybridized carbons (Fsp3) is 0.667. The first-order valence-corrected chi connectivity index (χ1v) is 6.12. The molecule has 2 N–H and O–H groups in total. The van der Waals surface area contributed by atoms with Crippen LogP contribution < -0.4 is 10.6 Å². The van der Waals surface area contributed by atoms with E-state index in [1.165, 1.54) is 0 Å². The summed E-state index contributed by atoms with van der Waals surface area (Å²) in [6.07, 6.45) is 0. The lowest BCUT2D eigenvalue weighted by Gasteiger charge is -2.15. The van der Waals surface area contributed by atoms with Crippen molar-refractivity contribution < 1.29 is 4.79 Å². The summed E-state index contributed by atoms with van der Waals surface area (Å²) in [5.41, 5.74) is 1.60. The van der Waals surface area contributed by atoms with Gasteiger partial charge in [-0.15, -0.1) is 5.10 Å². The molecule has 0 spiro atoms. The second kappa shape index (κ2) is 6.28. The number of aryl methyl sites for hydroxylation is 2. The van der Waals surface area contributed by atoms with Crippen molar-refractivity contribution in [3.05, 3.63) is 11.4 Å². The highest BCUT2D eigenvalue weighted by Crippen LogP contribution is 2.03. The summed E-state index contributed by atoms with van der Waals surface area (Å²) in [7, 11) is 0. The number of nitrogens with one attached hydrogen (secondary N) is 2. The molecule has 1 atom stereocenters. The number of rotatable bonds is 5. The number of hydrogen-bond donors (Lipinski definition) is 2. The molecule has 0 bridgehead atoms. The van der Waals surface area contributed by atoms with Crippen LogP contribution in [0.1, 0.15) is 32.2 Å². The summed E-state index contributed by atoms with van der Waals surface area (Å²) >= 11 is 0. The van der Waals surface area contributed by atoms with Gasteiger partial charge in [0.25, 0.3) is 0 Å². The Balaban J connectivity index is 2.55. The molecule has 0 radical (unpaired) electrons. The molecule has 6 heteroatoms. The Kier molecular flexibility index (Phi) is 5.00. The van der Waals surface area contributed by atoms with Gasteiger partial charge in [-0.25, -0.2) is 4.98 Å². The molecule has 100 valence electrons. The number of carbonyl (C=O) groups excluding carboxylic acids is 1. The third-order valence-electron chi connectivity index (χ3n) is 2.52. The lowest BCUT2D eigenvalue weighted by Crippen LogP contribution is -2.39. The zero-order valence-corrected chi connectivity index (χ0v) is 11.6. The second-order valence-electron chi connectivity index (χ2n) is 4.81. The van der Waals surface area contributed by atoms with E-state index >= 15 is 0 Å². The molecule has 0 fully saturated rings. The van der Waals surface area contributed by atoms with Crippen molar-refractivity contribution in [3.63, 3.8) is 0 Å². The van der Waals surface area contributed by atoms with Gasteiger partial charge in [0.1, 0.15) is 6.04 Å². The van der Waals surface area contributed by atoms with E-state index in [-0.39, 0.29) is 11.9 Å². The molecule has 0 saturated heterocycles. The highest BCUT2D eigenvalue weighted by molar-refractivity contribution is 5.83. The molecule has 1 rings (SSSR count). The number of nitrogens with zero attached hydrogens (tertiary/aromatic N) is 3. The third kappa shape index (κ3) is 4.27. The first kappa shape index (κ1) is 14.3. The van der Waals surface area contributed by atoms with Crippen LogP contribution in [0.15, 0.2) is 0 Å². The Hall–Kier alpha value is -1.72. The number of aromatic nitrogens is 3. The first-order chi connectivity index (χ1) is 8.40. The molecular weight excluding hydrogens is 230 g/mol. The van der Waals surface area contributed by atoms with E-state index in [9.17, 15) is 4.79 Å². The molecule has 0 aromatic carbocycles. The zero-order chi connectivity index (χ0) is 13.7. The summed E-state index contributed by atoms with van der Waals surface area (Å²) in [6, 6.07) is -0.382. The summed E-state index contributed by atoms with van der Waals surface area (Å²) < 4.78 is 0. The lowest BCUT2D eigenvalue weighted by atomic mass is 10.2. The van der Waals surface area contributed by atoms with Gasteiger partial charge < -0.3 is 10.6 Å². The van der Waals surface area contributed by atoms with Crippen LogP contribution in [0.3, 0.4) is 0 Å². The first-order valence-electron chi connectivity index (χ1n) is 6.12. The van der Waals surface area contributed by atoms with E-state index in [2.05, 4.69) is 39.7 Å². The molecule has 1 heterocycles. The van der Waals surface area contributed by atoms with Crippen LogP contribution in [0.5, 0.6) is 0 Å². The van der Waals surface area contributed by atoms with E-state index in [0.29, 0.717) is 18.4 Å². The van der Waals surface area contributed by atoms with Gasteiger partial charge in [0, 0.05) is 6.54 Å². The molecule has 0 aliphatic carbocycles. The Labute approximate surface area is 108 Å². The largest absolute Gasteiger partial charge is 0.354 e. The van der Waals surface area contributed by atoms with Crippen LogP contribution in [0.25, 0.3) is 0 Å². The summed E-state index contributed by atoms with van der Waals surface area (Å²) in [4.78, 5) is 16.0. The number of amides is 1. The Morgan fingerprint density at radius 3 is 2.39 bits per heavy atom. The molecule has 0 saturated carbocycles. The number of hydrogen-bond acceptors (Lipinski definition) is 5. The Morgan fingerprint density at radius 1 is 1.17 bits per heavy atom. The zero-order valence-electron chi connectivity index (χ0n) is 11.6. The van der Waals surface area contributed by atoms with Gasteiger partial charge in [0.05, 0.1) is 11.4 Å². The van der Waals surface area contributed by atoms with Crippen molar-refractivity contribution in [2.45, 2.75) is 40.7 Å². The van der Waals surface area contributed by atoms with Crippen LogP contribution in [0.2, 0.25) is 0 Å². The average Bonchev–Trinajstić information content (AvgIpc) is 2.30. The van der Waals surface area contributed by atoms with Gasteiger partial charge in [0.2, 0.25) is 11.9 Å². The van der Waals surface area contributed by atoms with Gasteiger partial charge in [-0.3, -0.25) is 4.79 Å². The maximum atomic E-state index is 11.8. The van der Waals surface area contributed by atoms with Crippen LogP contribution in [-0.2, 0) is 4.79 Å².